The van der Waals surface area contributed by atoms with Crippen molar-refractivity contribution in [2.24, 2.45) is 0 Å². The van der Waals surface area contributed by atoms with Gasteiger partial charge < -0.3 is 19.2 Å². The number of hydrogen-bond acceptors (Lipinski definition) is 5. The number of carbonyl (C=O) groups excluding carboxylic acids is 1. The van der Waals surface area contributed by atoms with E-state index in [0.29, 0.717) is 23.6 Å². The van der Waals surface area contributed by atoms with Crippen LogP contribution in [0.1, 0.15) is 35.0 Å². The van der Waals surface area contributed by atoms with Gasteiger partial charge in [0, 0.05) is 6.54 Å². The van der Waals surface area contributed by atoms with E-state index in [4.69, 9.17) is 13.9 Å². The van der Waals surface area contributed by atoms with Gasteiger partial charge in [-0.05, 0) is 56.3 Å². The van der Waals surface area contributed by atoms with Gasteiger partial charge in [-0.1, -0.05) is 0 Å². The Labute approximate surface area is 147 Å². The zero-order valence-corrected chi connectivity index (χ0v) is 14.7. The number of furan rings is 1. The molecule has 2 aromatic rings. The lowest BCUT2D eigenvalue weighted by Gasteiger charge is -2.26. The molecule has 1 unspecified atom stereocenters. The van der Waals surface area contributed by atoms with Gasteiger partial charge in [-0.25, -0.2) is 0 Å². The number of nitrogens with one attached hydrogen (secondary N) is 1. The molecule has 25 heavy (non-hydrogen) atoms. The Balaban J connectivity index is 1.73. The van der Waals surface area contributed by atoms with E-state index >= 15 is 0 Å². The molecule has 3 rings (SSSR count). The van der Waals surface area contributed by atoms with Crippen LogP contribution in [0.15, 0.2) is 41.0 Å². The highest BCUT2D eigenvalue weighted by molar-refractivity contribution is 5.97. The number of carbonyl (C=O) groups is 1. The van der Waals surface area contributed by atoms with Crippen LogP contribution in [0.25, 0.3) is 0 Å². The summed E-state index contributed by atoms with van der Waals surface area (Å²) in [4.78, 5) is 15.0. The fourth-order valence-corrected chi connectivity index (χ4v) is 3.22. The third-order valence-electron chi connectivity index (χ3n) is 4.56. The summed E-state index contributed by atoms with van der Waals surface area (Å²) in [5.74, 6) is 1.83. The minimum atomic E-state index is -0.188. The van der Waals surface area contributed by atoms with Crippen LogP contribution in [0, 0.1) is 0 Å². The minimum Gasteiger partial charge on any atom is -0.497 e. The van der Waals surface area contributed by atoms with Crippen molar-refractivity contribution in [3.05, 3.63) is 47.9 Å². The van der Waals surface area contributed by atoms with Gasteiger partial charge in [0.15, 0.2) is 0 Å². The summed E-state index contributed by atoms with van der Waals surface area (Å²) in [5.41, 5.74) is 0.460. The van der Waals surface area contributed by atoms with Gasteiger partial charge in [0.05, 0.1) is 32.1 Å². The van der Waals surface area contributed by atoms with Crippen molar-refractivity contribution in [1.29, 1.82) is 0 Å². The van der Waals surface area contributed by atoms with E-state index in [0.717, 1.165) is 18.8 Å². The van der Waals surface area contributed by atoms with Gasteiger partial charge in [0.1, 0.15) is 17.3 Å². The molecule has 1 amide bonds. The molecular formula is C19H24N2O4. The first-order chi connectivity index (χ1) is 12.2. The molecule has 0 bridgehead atoms. The number of methoxy groups -OCH3 is 2. The van der Waals surface area contributed by atoms with Crippen LogP contribution < -0.4 is 14.8 Å². The molecule has 134 valence electrons. The lowest BCUT2D eigenvalue weighted by atomic mass is 10.1. The lowest BCUT2D eigenvalue weighted by Crippen LogP contribution is -2.36. The molecule has 1 N–H and O–H groups in total. The van der Waals surface area contributed by atoms with E-state index in [-0.39, 0.29) is 11.9 Å². The molecule has 1 saturated heterocycles. The average Bonchev–Trinajstić information content (AvgIpc) is 3.35. The number of amides is 1. The van der Waals surface area contributed by atoms with Crippen molar-refractivity contribution < 1.29 is 18.7 Å². The molecule has 1 aromatic carbocycles. The Morgan fingerprint density at radius 2 is 2.04 bits per heavy atom. The second kappa shape index (κ2) is 8.07. The Hall–Kier alpha value is -2.47. The predicted octanol–water partition coefficient (Wildman–Crippen LogP) is 2.86. The van der Waals surface area contributed by atoms with Gasteiger partial charge in [0.2, 0.25) is 0 Å². The first-order valence-corrected chi connectivity index (χ1v) is 8.50. The van der Waals surface area contributed by atoms with Gasteiger partial charge in [-0.3, -0.25) is 9.69 Å². The molecule has 6 nitrogen and oxygen atoms in total. The summed E-state index contributed by atoms with van der Waals surface area (Å²) < 4.78 is 16.1. The first-order valence-electron chi connectivity index (χ1n) is 8.50. The Bertz CT molecular complexity index is 693. The normalized spacial score (nSPS) is 15.8. The second-order valence-corrected chi connectivity index (χ2v) is 6.05. The van der Waals surface area contributed by atoms with E-state index in [1.165, 1.54) is 12.8 Å². The largest absolute Gasteiger partial charge is 0.497 e. The Morgan fingerprint density at radius 3 is 2.68 bits per heavy atom. The molecule has 0 aliphatic carbocycles. The number of benzene rings is 1. The van der Waals surface area contributed by atoms with Crippen LogP contribution in [0.5, 0.6) is 11.5 Å². The maximum atomic E-state index is 12.7. The minimum absolute atomic E-state index is 0.0399. The quantitative estimate of drug-likeness (QED) is 0.837. The maximum Gasteiger partial charge on any atom is 0.255 e. The van der Waals surface area contributed by atoms with Crippen LogP contribution in [0.3, 0.4) is 0 Å². The van der Waals surface area contributed by atoms with E-state index < -0.39 is 0 Å². The molecule has 0 radical (unpaired) electrons. The van der Waals surface area contributed by atoms with Crippen molar-refractivity contribution in [3.63, 3.8) is 0 Å². The molecule has 0 spiro atoms. The summed E-state index contributed by atoms with van der Waals surface area (Å²) in [6, 6.07) is 9.07. The molecule has 1 aromatic heterocycles. The van der Waals surface area contributed by atoms with Crippen molar-refractivity contribution in [1.82, 2.24) is 10.2 Å². The highest BCUT2D eigenvalue weighted by atomic mass is 16.5. The molecule has 1 fully saturated rings. The Kier molecular flexibility index (Phi) is 5.60. The van der Waals surface area contributed by atoms with Gasteiger partial charge in [-0.15, -0.1) is 0 Å². The molecule has 1 aliphatic heterocycles. The van der Waals surface area contributed by atoms with Gasteiger partial charge in [-0.2, -0.15) is 0 Å². The number of rotatable bonds is 7. The monoisotopic (exact) mass is 344 g/mol. The summed E-state index contributed by atoms with van der Waals surface area (Å²) in [7, 11) is 3.12. The van der Waals surface area contributed by atoms with Crippen LogP contribution in [0.4, 0.5) is 0 Å². The van der Waals surface area contributed by atoms with Crippen LogP contribution >= 0.6 is 0 Å². The highest BCUT2D eigenvalue weighted by Gasteiger charge is 2.26. The third-order valence-corrected chi connectivity index (χ3v) is 4.56. The van der Waals surface area contributed by atoms with E-state index in [1.807, 2.05) is 12.1 Å². The van der Waals surface area contributed by atoms with E-state index in [9.17, 15) is 4.79 Å². The van der Waals surface area contributed by atoms with Gasteiger partial charge in [0.25, 0.3) is 5.91 Å². The fraction of sp³-hybridized carbons (Fsp3) is 0.421. The molecule has 0 saturated carbocycles. The summed E-state index contributed by atoms with van der Waals surface area (Å²) >= 11 is 0. The van der Waals surface area contributed by atoms with Gasteiger partial charge >= 0.3 is 0 Å². The average molecular weight is 344 g/mol. The molecule has 2 heterocycles. The zero-order chi connectivity index (χ0) is 17.6. The topological polar surface area (TPSA) is 63.9 Å². The fourth-order valence-electron chi connectivity index (χ4n) is 3.22. The lowest BCUT2D eigenvalue weighted by molar-refractivity contribution is 0.0930. The molecular weight excluding hydrogens is 320 g/mol. The number of ether oxygens (including phenoxy) is 2. The SMILES string of the molecule is COc1ccc(OC)c(C(=O)NCC(c2ccco2)N2CCCC2)c1. The standard InChI is InChI=1S/C19H24N2O4/c1-23-14-7-8-17(24-2)15(12-14)19(22)20-13-16(18-6-5-11-25-18)21-9-3-4-10-21/h5-8,11-12,16H,3-4,9-10,13H2,1-2H3,(H,20,22). The molecule has 1 atom stereocenters. The number of hydrogen-bond donors (Lipinski definition) is 1. The number of likely N-dealkylation sites (tertiary alicyclic amines) is 1. The number of nitrogens with zero attached hydrogens (tertiary/aromatic N) is 1. The molecule has 6 heteroatoms. The highest BCUT2D eigenvalue weighted by Crippen LogP contribution is 2.26. The summed E-state index contributed by atoms with van der Waals surface area (Å²) in [5, 5.41) is 3.01. The van der Waals surface area contributed by atoms with Crippen molar-refractivity contribution in [2.75, 3.05) is 33.9 Å². The van der Waals surface area contributed by atoms with Crippen LogP contribution in [0.2, 0.25) is 0 Å². The zero-order valence-electron chi connectivity index (χ0n) is 14.7. The van der Waals surface area contributed by atoms with Crippen molar-refractivity contribution in [2.45, 2.75) is 18.9 Å². The molecule has 1 aliphatic rings. The second-order valence-electron chi connectivity index (χ2n) is 6.05. The first kappa shape index (κ1) is 17.4. The van der Waals surface area contributed by atoms with Crippen LogP contribution in [-0.2, 0) is 0 Å². The Morgan fingerprint density at radius 1 is 1.24 bits per heavy atom. The van der Waals surface area contributed by atoms with Crippen molar-refractivity contribution in [3.8, 4) is 11.5 Å². The van der Waals surface area contributed by atoms with E-state index in [1.54, 1.807) is 38.7 Å². The summed E-state index contributed by atoms with van der Waals surface area (Å²) in [6.07, 6.45) is 4.02. The van der Waals surface area contributed by atoms with Crippen LogP contribution in [-0.4, -0.2) is 44.7 Å². The van der Waals surface area contributed by atoms with Crippen molar-refractivity contribution >= 4 is 5.91 Å². The third kappa shape index (κ3) is 3.96. The summed E-state index contributed by atoms with van der Waals surface area (Å²) in [6.45, 7) is 2.51. The predicted molar refractivity (Wildman–Crippen MR) is 94.1 cm³/mol. The van der Waals surface area contributed by atoms with E-state index in [2.05, 4.69) is 10.2 Å². The maximum absolute atomic E-state index is 12.7. The smallest absolute Gasteiger partial charge is 0.255 e.